The average Bonchev–Trinajstić information content (AvgIpc) is 2.41. The second kappa shape index (κ2) is 7.45. The highest BCUT2D eigenvalue weighted by Gasteiger charge is 2.11. The Morgan fingerprint density at radius 1 is 1.37 bits per heavy atom. The molecule has 0 aromatic heterocycles. The van der Waals surface area contributed by atoms with Crippen molar-refractivity contribution in [3.63, 3.8) is 0 Å². The third kappa shape index (κ3) is 4.31. The van der Waals surface area contributed by atoms with E-state index in [-0.39, 0.29) is 5.82 Å². The number of nitrogens with zero attached hydrogens (tertiary/aromatic N) is 1. The number of carbonyl (C=O) groups is 1. The standard InChI is InChI=1S/C14H18FN3O/c1-3-7-18(8-4-2)10-12-9-11(14(19)17-16)5-6-13(12)15/h3-6,9H,1-2,7-8,10,16H2,(H,17,19). The molecule has 102 valence electrons. The van der Waals surface area contributed by atoms with Gasteiger partial charge in [-0.25, -0.2) is 10.2 Å². The fourth-order valence-electron chi connectivity index (χ4n) is 1.73. The Bertz CT molecular complexity index is 464. The first-order valence-corrected chi connectivity index (χ1v) is 5.86. The van der Waals surface area contributed by atoms with Crippen molar-refractivity contribution >= 4 is 5.91 Å². The molecule has 0 saturated heterocycles. The molecule has 1 aromatic rings. The molecule has 0 radical (unpaired) electrons. The number of nitrogens with one attached hydrogen (secondary N) is 1. The Hall–Kier alpha value is -1.98. The molecule has 1 rings (SSSR count). The van der Waals surface area contributed by atoms with Crippen molar-refractivity contribution in [2.75, 3.05) is 13.1 Å². The first-order valence-electron chi connectivity index (χ1n) is 5.86. The minimum absolute atomic E-state index is 0.330. The van der Waals surface area contributed by atoms with Crippen LogP contribution in [-0.4, -0.2) is 23.9 Å². The number of nitrogens with two attached hydrogens (primary N) is 1. The molecular weight excluding hydrogens is 245 g/mol. The zero-order chi connectivity index (χ0) is 14.3. The average molecular weight is 263 g/mol. The van der Waals surface area contributed by atoms with E-state index >= 15 is 0 Å². The highest BCUT2D eigenvalue weighted by molar-refractivity contribution is 5.93. The minimum Gasteiger partial charge on any atom is -0.292 e. The third-order valence-corrected chi connectivity index (χ3v) is 2.61. The van der Waals surface area contributed by atoms with E-state index in [1.54, 1.807) is 12.2 Å². The molecule has 0 aliphatic heterocycles. The number of hydrazine groups is 1. The predicted octanol–water partition coefficient (Wildman–Crippen LogP) is 1.60. The van der Waals surface area contributed by atoms with E-state index < -0.39 is 5.91 Å². The lowest BCUT2D eigenvalue weighted by atomic mass is 10.1. The van der Waals surface area contributed by atoms with Gasteiger partial charge in [-0.3, -0.25) is 15.1 Å². The van der Waals surface area contributed by atoms with E-state index in [4.69, 9.17) is 5.84 Å². The summed E-state index contributed by atoms with van der Waals surface area (Å²) in [5, 5.41) is 0. The van der Waals surface area contributed by atoms with Gasteiger partial charge in [-0.05, 0) is 18.2 Å². The predicted molar refractivity (Wildman–Crippen MR) is 73.7 cm³/mol. The molecule has 0 aliphatic rings. The van der Waals surface area contributed by atoms with Crippen LogP contribution >= 0.6 is 0 Å². The lowest BCUT2D eigenvalue weighted by molar-refractivity contribution is 0.0953. The molecule has 1 aromatic carbocycles. The second-order valence-corrected chi connectivity index (χ2v) is 4.05. The largest absolute Gasteiger partial charge is 0.292 e. The monoisotopic (exact) mass is 263 g/mol. The van der Waals surface area contributed by atoms with E-state index in [0.29, 0.717) is 30.8 Å². The summed E-state index contributed by atoms with van der Waals surface area (Å²) >= 11 is 0. The van der Waals surface area contributed by atoms with Gasteiger partial charge >= 0.3 is 0 Å². The molecule has 0 unspecified atom stereocenters. The minimum atomic E-state index is -0.444. The molecule has 5 heteroatoms. The van der Waals surface area contributed by atoms with Crippen molar-refractivity contribution < 1.29 is 9.18 Å². The van der Waals surface area contributed by atoms with Gasteiger partial charge in [0.25, 0.3) is 5.91 Å². The number of benzene rings is 1. The van der Waals surface area contributed by atoms with Gasteiger partial charge in [-0.2, -0.15) is 0 Å². The topological polar surface area (TPSA) is 58.4 Å². The lowest BCUT2D eigenvalue weighted by Crippen LogP contribution is -2.30. The van der Waals surface area contributed by atoms with Crippen molar-refractivity contribution in [2.45, 2.75) is 6.54 Å². The van der Waals surface area contributed by atoms with Crippen LogP contribution in [0.15, 0.2) is 43.5 Å². The molecule has 0 atom stereocenters. The van der Waals surface area contributed by atoms with E-state index in [0.717, 1.165) is 0 Å². The molecule has 0 fully saturated rings. The molecule has 19 heavy (non-hydrogen) atoms. The molecular formula is C14H18FN3O. The van der Waals surface area contributed by atoms with E-state index in [9.17, 15) is 9.18 Å². The fourth-order valence-corrected chi connectivity index (χ4v) is 1.73. The molecule has 3 N–H and O–H groups in total. The van der Waals surface area contributed by atoms with Gasteiger partial charge < -0.3 is 0 Å². The van der Waals surface area contributed by atoms with Crippen LogP contribution in [0, 0.1) is 5.82 Å². The fraction of sp³-hybridized carbons (Fsp3) is 0.214. The van der Waals surface area contributed by atoms with Crippen molar-refractivity contribution in [1.82, 2.24) is 10.3 Å². The summed E-state index contributed by atoms with van der Waals surface area (Å²) in [7, 11) is 0. The Morgan fingerprint density at radius 2 is 2.00 bits per heavy atom. The van der Waals surface area contributed by atoms with Crippen LogP contribution in [0.4, 0.5) is 4.39 Å². The van der Waals surface area contributed by atoms with Crippen molar-refractivity contribution in [1.29, 1.82) is 0 Å². The van der Waals surface area contributed by atoms with Crippen molar-refractivity contribution in [3.05, 3.63) is 60.5 Å². The number of nitrogen functional groups attached to an aromatic ring is 1. The maximum absolute atomic E-state index is 13.7. The van der Waals surface area contributed by atoms with Gasteiger partial charge in [-0.1, -0.05) is 12.2 Å². The lowest BCUT2D eigenvalue weighted by Gasteiger charge is -2.19. The van der Waals surface area contributed by atoms with Gasteiger partial charge in [0.05, 0.1) is 0 Å². The summed E-state index contributed by atoms with van der Waals surface area (Å²) in [6, 6.07) is 4.16. The summed E-state index contributed by atoms with van der Waals surface area (Å²) in [6.07, 6.45) is 3.47. The Morgan fingerprint density at radius 3 is 2.53 bits per heavy atom. The number of carbonyl (C=O) groups excluding carboxylic acids is 1. The van der Waals surface area contributed by atoms with Crippen molar-refractivity contribution in [3.8, 4) is 0 Å². The van der Waals surface area contributed by atoms with Crippen LogP contribution < -0.4 is 11.3 Å². The van der Waals surface area contributed by atoms with Gasteiger partial charge in [0.1, 0.15) is 5.82 Å². The quantitative estimate of drug-likeness (QED) is 0.340. The van der Waals surface area contributed by atoms with E-state index in [2.05, 4.69) is 13.2 Å². The highest BCUT2D eigenvalue weighted by atomic mass is 19.1. The molecule has 0 heterocycles. The van der Waals surface area contributed by atoms with Gasteiger partial charge in [0.2, 0.25) is 0 Å². The number of rotatable bonds is 7. The zero-order valence-corrected chi connectivity index (χ0v) is 10.7. The van der Waals surface area contributed by atoms with Crippen LogP contribution in [0.3, 0.4) is 0 Å². The summed E-state index contributed by atoms with van der Waals surface area (Å²) in [5.74, 6) is 4.26. The molecule has 0 spiro atoms. The Balaban J connectivity index is 2.94. The SMILES string of the molecule is C=CCN(CC=C)Cc1cc(C(=O)NN)ccc1F. The van der Waals surface area contributed by atoms with Gasteiger partial charge in [-0.15, -0.1) is 13.2 Å². The molecule has 1 amide bonds. The molecule has 0 aliphatic carbocycles. The smallest absolute Gasteiger partial charge is 0.265 e. The molecule has 0 bridgehead atoms. The maximum Gasteiger partial charge on any atom is 0.265 e. The van der Waals surface area contributed by atoms with Gasteiger partial charge in [0, 0.05) is 30.8 Å². The highest BCUT2D eigenvalue weighted by Crippen LogP contribution is 2.13. The van der Waals surface area contributed by atoms with Crippen LogP contribution in [-0.2, 0) is 6.54 Å². The maximum atomic E-state index is 13.7. The summed E-state index contributed by atoms with van der Waals surface area (Å²) < 4.78 is 13.7. The Kier molecular flexibility index (Phi) is 5.92. The van der Waals surface area contributed by atoms with Crippen LogP contribution in [0.1, 0.15) is 15.9 Å². The van der Waals surface area contributed by atoms with Gasteiger partial charge in [0.15, 0.2) is 0 Å². The van der Waals surface area contributed by atoms with Crippen LogP contribution in [0.25, 0.3) is 0 Å². The normalized spacial score (nSPS) is 10.3. The number of hydrogen-bond donors (Lipinski definition) is 2. The first kappa shape index (κ1) is 15.1. The summed E-state index contributed by atoms with van der Waals surface area (Å²) in [5.41, 5.74) is 2.79. The Labute approximate surface area is 112 Å². The summed E-state index contributed by atoms with van der Waals surface area (Å²) in [6.45, 7) is 8.90. The van der Waals surface area contributed by atoms with E-state index in [1.807, 2.05) is 10.3 Å². The second-order valence-electron chi connectivity index (χ2n) is 4.05. The third-order valence-electron chi connectivity index (χ3n) is 2.61. The zero-order valence-electron chi connectivity index (χ0n) is 10.7. The first-order chi connectivity index (χ1) is 9.12. The summed E-state index contributed by atoms with van der Waals surface area (Å²) in [4.78, 5) is 13.4. The van der Waals surface area contributed by atoms with E-state index in [1.165, 1.54) is 18.2 Å². The van der Waals surface area contributed by atoms with Crippen molar-refractivity contribution in [2.24, 2.45) is 5.84 Å². The van der Waals surface area contributed by atoms with Crippen LogP contribution in [0.2, 0.25) is 0 Å². The number of halogens is 1. The van der Waals surface area contributed by atoms with Crippen LogP contribution in [0.5, 0.6) is 0 Å². The molecule has 0 saturated carbocycles. The number of hydrogen-bond acceptors (Lipinski definition) is 3. The molecule has 4 nitrogen and oxygen atoms in total. The number of amides is 1.